The molecule has 176 valence electrons. The Morgan fingerprint density at radius 1 is 1.18 bits per heavy atom. The van der Waals surface area contributed by atoms with Crippen molar-refractivity contribution in [2.75, 3.05) is 0 Å². The van der Waals surface area contributed by atoms with Crippen molar-refractivity contribution in [2.24, 2.45) is 11.1 Å². The number of halogens is 1. The molecule has 2 aliphatic carbocycles. The van der Waals surface area contributed by atoms with Gasteiger partial charge in [0.05, 0.1) is 18.3 Å². The molecule has 9 heteroatoms. The molecule has 1 aromatic carbocycles. The monoisotopic (exact) mass is 463 g/mol. The van der Waals surface area contributed by atoms with Crippen LogP contribution in [0.25, 0.3) is 0 Å². The quantitative estimate of drug-likeness (QED) is 0.559. The van der Waals surface area contributed by atoms with Gasteiger partial charge < -0.3 is 15.8 Å². The van der Waals surface area contributed by atoms with E-state index >= 15 is 0 Å². The number of hydrogen-bond acceptors (Lipinski definition) is 5. The number of primary amides is 1. The maximum atomic E-state index is 13.1. The summed E-state index contributed by atoms with van der Waals surface area (Å²) in [5.41, 5.74) is 8.09. The van der Waals surface area contributed by atoms with Crippen molar-refractivity contribution in [2.45, 2.75) is 51.3 Å². The van der Waals surface area contributed by atoms with Gasteiger partial charge in [-0.3, -0.25) is 14.3 Å². The van der Waals surface area contributed by atoms with Gasteiger partial charge in [-0.25, -0.2) is 9.37 Å². The molecule has 8 nitrogen and oxygen atoms in total. The first-order chi connectivity index (χ1) is 16.3. The lowest BCUT2D eigenvalue weighted by Gasteiger charge is -2.57. The maximum absolute atomic E-state index is 13.1. The van der Waals surface area contributed by atoms with Gasteiger partial charge in [-0.2, -0.15) is 5.10 Å². The van der Waals surface area contributed by atoms with Crippen molar-refractivity contribution in [3.8, 4) is 5.88 Å². The molecule has 3 N–H and O–H groups in total. The molecule has 0 atom stereocenters. The van der Waals surface area contributed by atoms with Gasteiger partial charge in [0.1, 0.15) is 17.5 Å². The van der Waals surface area contributed by atoms with Crippen molar-refractivity contribution >= 4 is 11.8 Å². The fourth-order valence-corrected chi connectivity index (χ4v) is 5.10. The molecule has 2 aliphatic rings. The molecule has 2 amide bonds. The summed E-state index contributed by atoms with van der Waals surface area (Å²) in [6, 6.07) is 9.63. The van der Waals surface area contributed by atoms with Crippen LogP contribution in [0, 0.1) is 18.2 Å². The highest BCUT2D eigenvalue weighted by Crippen LogP contribution is 2.56. The SMILES string of the molecule is Cc1c(C(=O)NC2CC3(C2)CC(Oc2ncccc2C(N)=O)C3)cnn1Cc1ccc(F)cc1. The molecule has 1 spiro atoms. The van der Waals surface area contributed by atoms with E-state index in [9.17, 15) is 14.0 Å². The van der Waals surface area contributed by atoms with Crippen LogP contribution in [-0.2, 0) is 6.54 Å². The van der Waals surface area contributed by atoms with Gasteiger partial charge in [-0.05, 0) is 67.9 Å². The second kappa shape index (κ2) is 8.55. The van der Waals surface area contributed by atoms with Crippen LogP contribution in [0.2, 0.25) is 0 Å². The van der Waals surface area contributed by atoms with Crippen molar-refractivity contribution in [3.05, 3.63) is 77.0 Å². The topological polar surface area (TPSA) is 112 Å². The van der Waals surface area contributed by atoms with E-state index in [0.29, 0.717) is 12.1 Å². The average molecular weight is 464 g/mol. The lowest BCUT2D eigenvalue weighted by Crippen LogP contribution is -2.58. The standard InChI is InChI=1S/C25H26FN5O3/c1-15-21(13-29-31(15)14-16-4-6-17(26)7-5-16)23(33)30-18-9-25(10-18)11-19(12-25)34-24-20(22(27)32)3-2-8-28-24/h2-8,13,18-19H,9-12,14H2,1H3,(H2,27,32)(H,30,33). The molecular formula is C25H26FN5O3. The van der Waals surface area contributed by atoms with Crippen LogP contribution >= 0.6 is 0 Å². The van der Waals surface area contributed by atoms with Gasteiger partial charge in [-0.15, -0.1) is 0 Å². The van der Waals surface area contributed by atoms with E-state index in [0.717, 1.165) is 36.9 Å². The third kappa shape index (κ3) is 4.25. The fraction of sp³-hybridized carbons (Fsp3) is 0.360. The summed E-state index contributed by atoms with van der Waals surface area (Å²) in [6.07, 6.45) is 6.68. The van der Waals surface area contributed by atoms with Crippen LogP contribution < -0.4 is 15.8 Å². The average Bonchev–Trinajstić information content (AvgIpc) is 3.12. The molecule has 2 aromatic heterocycles. The van der Waals surface area contributed by atoms with Crippen LogP contribution in [-0.4, -0.2) is 38.7 Å². The highest BCUT2D eigenvalue weighted by atomic mass is 19.1. The van der Waals surface area contributed by atoms with E-state index in [1.165, 1.54) is 12.1 Å². The van der Waals surface area contributed by atoms with Gasteiger partial charge in [0.2, 0.25) is 5.88 Å². The molecule has 5 rings (SSSR count). The molecule has 0 saturated heterocycles. The second-order valence-corrected chi connectivity index (χ2v) is 9.37. The largest absolute Gasteiger partial charge is 0.474 e. The number of benzene rings is 1. The van der Waals surface area contributed by atoms with Crippen molar-refractivity contribution in [3.63, 3.8) is 0 Å². The third-order valence-corrected chi connectivity index (χ3v) is 6.92. The number of ether oxygens (including phenoxy) is 1. The molecule has 34 heavy (non-hydrogen) atoms. The van der Waals surface area contributed by atoms with Crippen LogP contribution in [0.4, 0.5) is 4.39 Å². The summed E-state index contributed by atoms with van der Waals surface area (Å²) < 4.78 is 20.8. The van der Waals surface area contributed by atoms with Crippen LogP contribution in [0.1, 0.15) is 57.7 Å². The normalized spacial score (nSPS) is 23.1. The van der Waals surface area contributed by atoms with Gasteiger partial charge in [0.15, 0.2) is 0 Å². The number of nitrogens with zero attached hydrogens (tertiary/aromatic N) is 3. The fourth-order valence-electron chi connectivity index (χ4n) is 5.10. The minimum atomic E-state index is -0.556. The molecule has 0 aliphatic heterocycles. The molecule has 2 fully saturated rings. The summed E-state index contributed by atoms with van der Waals surface area (Å²) in [6.45, 7) is 2.33. The minimum Gasteiger partial charge on any atom is -0.474 e. The first-order valence-corrected chi connectivity index (χ1v) is 11.3. The molecule has 2 heterocycles. The van der Waals surface area contributed by atoms with Gasteiger partial charge >= 0.3 is 0 Å². The van der Waals surface area contributed by atoms with Crippen molar-refractivity contribution < 1.29 is 18.7 Å². The molecule has 3 aromatic rings. The van der Waals surface area contributed by atoms with Crippen molar-refractivity contribution in [1.29, 1.82) is 0 Å². The van der Waals surface area contributed by atoms with E-state index in [-0.39, 0.29) is 40.7 Å². The van der Waals surface area contributed by atoms with Crippen LogP contribution in [0.3, 0.4) is 0 Å². The Kier molecular flexibility index (Phi) is 5.55. The smallest absolute Gasteiger partial charge is 0.254 e. The maximum Gasteiger partial charge on any atom is 0.254 e. The number of amides is 2. The zero-order chi connectivity index (χ0) is 23.9. The highest BCUT2D eigenvalue weighted by molar-refractivity contribution is 5.95. The summed E-state index contributed by atoms with van der Waals surface area (Å²) in [5, 5.41) is 7.45. The molecule has 0 unspecified atom stereocenters. The predicted molar refractivity (Wildman–Crippen MR) is 122 cm³/mol. The third-order valence-electron chi connectivity index (χ3n) is 6.92. The Morgan fingerprint density at radius 3 is 2.62 bits per heavy atom. The Morgan fingerprint density at radius 2 is 1.91 bits per heavy atom. The van der Waals surface area contributed by atoms with E-state index in [2.05, 4.69) is 15.4 Å². The lowest BCUT2D eigenvalue weighted by atomic mass is 9.53. The Hall–Kier alpha value is -3.75. The summed E-state index contributed by atoms with van der Waals surface area (Å²) >= 11 is 0. The molecular weight excluding hydrogens is 437 g/mol. The zero-order valence-electron chi connectivity index (χ0n) is 18.8. The number of carbonyl (C=O) groups is 2. The number of carbonyl (C=O) groups excluding carboxylic acids is 2. The minimum absolute atomic E-state index is 0.00316. The first kappa shape index (κ1) is 22.1. The van der Waals surface area contributed by atoms with Crippen LogP contribution in [0.15, 0.2) is 48.8 Å². The summed E-state index contributed by atoms with van der Waals surface area (Å²) in [4.78, 5) is 28.5. The van der Waals surface area contributed by atoms with E-state index in [1.807, 2.05) is 6.92 Å². The highest BCUT2D eigenvalue weighted by Gasteiger charge is 2.54. The zero-order valence-corrected chi connectivity index (χ0v) is 18.8. The first-order valence-electron chi connectivity index (χ1n) is 11.3. The Labute approximate surface area is 196 Å². The Balaban J connectivity index is 1.11. The van der Waals surface area contributed by atoms with Gasteiger partial charge in [-0.1, -0.05) is 12.1 Å². The number of nitrogens with two attached hydrogens (primary N) is 1. The second-order valence-electron chi connectivity index (χ2n) is 9.37. The lowest BCUT2D eigenvalue weighted by molar-refractivity contribution is -0.0848. The van der Waals surface area contributed by atoms with Crippen molar-refractivity contribution in [1.82, 2.24) is 20.1 Å². The molecule has 0 bridgehead atoms. The van der Waals surface area contributed by atoms with Crippen LogP contribution in [0.5, 0.6) is 5.88 Å². The number of hydrogen-bond donors (Lipinski definition) is 2. The van der Waals surface area contributed by atoms with E-state index < -0.39 is 5.91 Å². The summed E-state index contributed by atoms with van der Waals surface area (Å²) in [7, 11) is 0. The van der Waals surface area contributed by atoms with Gasteiger partial charge in [0, 0.05) is 17.9 Å². The Bertz CT molecular complexity index is 1230. The van der Waals surface area contributed by atoms with E-state index in [1.54, 1.807) is 41.3 Å². The summed E-state index contributed by atoms with van der Waals surface area (Å²) in [5.74, 6) is -0.683. The van der Waals surface area contributed by atoms with Gasteiger partial charge in [0.25, 0.3) is 11.8 Å². The molecule has 2 saturated carbocycles. The number of nitrogens with one attached hydrogen (secondary N) is 1. The predicted octanol–water partition coefficient (Wildman–Crippen LogP) is 2.99. The number of pyridine rings is 1. The van der Waals surface area contributed by atoms with E-state index in [4.69, 9.17) is 10.5 Å². The number of rotatable bonds is 7. The number of aromatic nitrogens is 3. The molecule has 0 radical (unpaired) electrons.